The van der Waals surface area contributed by atoms with Crippen LogP contribution in [0.2, 0.25) is 0 Å². The summed E-state index contributed by atoms with van der Waals surface area (Å²) in [5, 5.41) is 18.5. The largest absolute Gasteiger partial charge is 0.385 e. The Morgan fingerprint density at radius 1 is 1.17 bits per heavy atom. The first-order chi connectivity index (χ1) is 17.2. The molecule has 1 aromatic carbocycles. The molecular weight excluding hydrogens is 448 g/mol. The Bertz CT molecular complexity index is 1100. The number of benzene rings is 1. The Kier molecular flexibility index (Phi) is 6.53. The second-order valence-electron chi connectivity index (χ2n) is 12.1. The first kappa shape index (κ1) is 25.1. The number of fused-ring (bicyclic) bond motifs is 5. The molecule has 2 N–H and O–H groups in total. The number of terminal acetylenes is 1. The predicted octanol–water partition coefficient (Wildman–Crippen LogP) is 5.56. The van der Waals surface area contributed by atoms with Crippen molar-refractivity contribution in [3.05, 3.63) is 47.5 Å². The highest BCUT2D eigenvalue weighted by Gasteiger charge is 2.63. The van der Waals surface area contributed by atoms with Crippen molar-refractivity contribution in [2.24, 2.45) is 33.7 Å². The monoisotopic (exact) mass is 488 g/mol. The van der Waals surface area contributed by atoms with Gasteiger partial charge >= 0.3 is 0 Å². The molecule has 3 saturated carbocycles. The molecule has 0 saturated heterocycles. The number of hydrogen-bond donors (Lipinski definition) is 2. The Morgan fingerprint density at radius 3 is 2.67 bits per heavy atom. The molecule has 0 aromatic heterocycles. The van der Waals surface area contributed by atoms with E-state index in [4.69, 9.17) is 11.3 Å². The van der Waals surface area contributed by atoms with E-state index in [1.54, 1.807) is 0 Å². The van der Waals surface area contributed by atoms with Crippen molar-refractivity contribution < 1.29 is 14.7 Å². The van der Waals surface area contributed by atoms with Gasteiger partial charge in [0.05, 0.1) is 11.8 Å². The molecule has 0 bridgehead atoms. The van der Waals surface area contributed by atoms with E-state index in [0.717, 1.165) is 62.6 Å². The van der Waals surface area contributed by atoms with Crippen LogP contribution in [-0.4, -0.2) is 28.9 Å². The van der Waals surface area contributed by atoms with Crippen LogP contribution in [0.15, 0.2) is 47.1 Å². The van der Waals surface area contributed by atoms with E-state index in [0.29, 0.717) is 17.8 Å². The van der Waals surface area contributed by atoms with Crippen LogP contribution in [0.1, 0.15) is 83.7 Å². The molecule has 5 rings (SSSR count). The Hall–Kier alpha value is -2.58. The van der Waals surface area contributed by atoms with Gasteiger partial charge in [-0.05, 0) is 93.1 Å². The summed E-state index contributed by atoms with van der Waals surface area (Å²) in [6.45, 7) is 6.57. The maximum atomic E-state index is 12.3. The van der Waals surface area contributed by atoms with Gasteiger partial charge in [-0.15, -0.1) is 6.42 Å². The van der Waals surface area contributed by atoms with Crippen LogP contribution >= 0.6 is 0 Å². The molecule has 0 heterocycles. The van der Waals surface area contributed by atoms with Gasteiger partial charge in [0.1, 0.15) is 5.60 Å². The van der Waals surface area contributed by atoms with E-state index >= 15 is 0 Å². The van der Waals surface area contributed by atoms with Crippen molar-refractivity contribution in [1.82, 2.24) is 5.32 Å². The number of nitrogens with zero attached hydrogens (tertiary/aromatic N) is 1. The molecule has 0 spiro atoms. The average molecular weight is 489 g/mol. The molecule has 7 atom stereocenters. The number of allylic oxidation sites excluding steroid dienone is 2. The van der Waals surface area contributed by atoms with Crippen molar-refractivity contribution in [2.75, 3.05) is 6.61 Å². The third-order valence-corrected chi connectivity index (χ3v) is 10.4. The van der Waals surface area contributed by atoms with Crippen molar-refractivity contribution >= 4 is 11.6 Å². The molecule has 0 aliphatic heterocycles. The first-order valence-corrected chi connectivity index (χ1v) is 13.6. The minimum Gasteiger partial charge on any atom is -0.385 e. The second kappa shape index (κ2) is 9.38. The van der Waals surface area contributed by atoms with Gasteiger partial charge in [0.15, 0.2) is 6.61 Å². The van der Waals surface area contributed by atoms with Gasteiger partial charge < -0.3 is 15.3 Å². The predicted molar refractivity (Wildman–Crippen MR) is 142 cm³/mol. The number of carbonyl (C=O) groups is 1. The number of aliphatic hydroxyl groups is 1. The average Bonchev–Trinajstić information content (AvgIpc) is 3.15. The number of nitrogens with one attached hydrogen (secondary N) is 1. The second-order valence-corrected chi connectivity index (χ2v) is 12.1. The van der Waals surface area contributed by atoms with Crippen LogP contribution in [-0.2, 0) is 9.63 Å². The minimum atomic E-state index is -0.950. The van der Waals surface area contributed by atoms with Crippen LogP contribution in [0.5, 0.6) is 0 Å². The molecule has 0 unspecified atom stereocenters. The summed E-state index contributed by atoms with van der Waals surface area (Å²) in [6, 6.07) is 9.83. The molecule has 5 nitrogen and oxygen atoms in total. The molecule has 5 heteroatoms. The highest BCUT2D eigenvalue weighted by atomic mass is 16.6. The molecule has 192 valence electrons. The third-order valence-electron chi connectivity index (χ3n) is 10.4. The fourth-order valence-electron chi connectivity index (χ4n) is 8.18. The minimum absolute atomic E-state index is 0.0727. The number of rotatable bonds is 5. The van der Waals surface area contributed by atoms with E-state index in [2.05, 4.69) is 36.3 Å². The van der Waals surface area contributed by atoms with Gasteiger partial charge in [-0.25, -0.2) is 0 Å². The maximum Gasteiger partial charge on any atom is 0.261 e. The Labute approximate surface area is 215 Å². The summed E-state index contributed by atoms with van der Waals surface area (Å²) >= 11 is 0. The lowest BCUT2D eigenvalue weighted by atomic mass is 9.46. The molecule has 36 heavy (non-hydrogen) atoms. The van der Waals surface area contributed by atoms with Crippen molar-refractivity contribution in [1.29, 1.82) is 0 Å². The summed E-state index contributed by atoms with van der Waals surface area (Å²) < 4.78 is 0. The van der Waals surface area contributed by atoms with Gasteiger partial charge in [0, 0.05) is 5.41 Å². The van der Waals surface area contributed by atoms with Crippen molar-refractivity contribution in [3.8, 4) is 12.3 Å². The van der Waals surface area contributed by atoms with Crippen LogP contribution in [0.3, 0.4) is 0 Å². The summed E-state index contributed by atoms with van der Waals surface area (Å²) in [7, 11) is 0. The van der Waals surface area contributed by atoms with Crippen LogP contribution in [0.4, 0.5) is 0 Å². The van der Waals surface area contributed by atoms with Crippen LogP contribution in [0.25, 0.3) is 0 Å². The lowest BCUT2D eigenvalue weighted by Gasteiger charge is -2.58. The molecule has 1 aromatic rings. The van der Waals surface area contributed by atoms with E-state index in [9.17, 15) is 9.90 Å². The molecular formula is C31H40N2O3. The highest BCUT2D eigenvalue weighted by Crippen LogP contribution is 2.67. The summed E-state index contributed by atoms with van der Waals surface area (Å²) in [5.41, 5.74) is 2.54. The van der Waals surface area contributed by atoms with Gasteiger partial charge in [0.2, 0.25) is 0 Å². The normalized spacial score (nSPS) is 39.1. The van der Waals surface area contributed by atoms with Crippen molar-refractivity contribution in [3.63, 3.8) is 0 Å². The zero-order chi connectivity index (χ0) is 25.6. The number of oxime groups is 1. The highest BCUT2D eigenvalue weighted by molar-refractivity contribution is 5.96. The first-order valence-electron chi connectivity index (χ1n) is 13.6. The van der Waals surface area contributed by atoms with Gasteiger partial charge in [-0.2, -0.15) is 0 Å². The number of carbonyl (C=O) groups excluding carboxylic acids is 1. The lowest BCUT2D eigenvalue weighted by molar-refractivity contribution is -0.126. The van der Waals surface area contributed by atoms with Crippen molar-refractivity contribution in [2.45, 2.75) is 83.8 Å². The number of amides is 1. The fourth-order valence-corrected chi connectivity index (χ4v) is 8.18. The quantitative estimate of drug-likeness (QED) is 0.421. The molecule has 3 fully saturated rings. The molecule has 4 aliphatic rings. The maximum absolute atomic E-state index is 12.3. The smallest absolute Gasteiger partial charge is 0.261 e. The summed E-state index contributed by atoms with van der Waals surface area (Å²) in [5.74, 6) is 4.37. The zero-order valence-electron chi connectivity index (χ0n) is 21.9. The summed E-state index contributed by atoms with van der Waals surface area (Å²) in [4.78, 5) is 17.8. The van der Waals surface area contributed by atoms with Gasteiger partial charge in [-0.3, -0.25) is 4.79 Å². The Balaban J connectivity index is 1.21. The molecule has 0 radical (unpaired) electrons. The summed E-state index contributed by atoms with van der Waals surface area (Å²) in [6.07, 6.45) is 16.1. The SMILES string of the molecule is C#C[C@]1(O)CC[C@H]2[C@@H]3CCC4=C/C(=N\OCC(=O)N[C@H](C)c5ccccc5)CC[C@]4(C)[C@H]3CC[C@@]21C. The zero-order valence-corrected chi connectivity index (χ0v) is 21.9. The number of hydrogen-bond acceptors (Lipinski definition) is 4. The third kappa shape index (κ3) is 4.08. The standard InChI is InChI=1S/C31H40N2O3/c1-5-31(35)18-15-27-25-12-11-23-19-24(13-16-29(23,3)26(25)14-17-30(27,31)4)33-36-20-28(34)32-21(2)22-9-7-6-8-10-22/h1,6-10,19,21,25-27,35H,11-18,20H2,2-4H3,(H,32,34)/b33-24-/t21-,25-,26+,27+,29+,30+,31+/m1/s1. The molecule has 4 aliphatic carbocycles. The van der Waals surface area contributed by atoms with Gasteiger partial charge in [0.25, 0.3) is 5.91 Å². The van der Waals surface area contributed by atoms with E-state index in [1.807, 2.05) is 37.3 Å². The van der Waals surface area contributed by atoms with Crippen LogP contribution < -0.4 is 5.32 Å². The van der Waals surface area contributed by atoms with E-state index < -0.39 is 5.60 Å². The van der Waals surface area contributed by atoms with E-state index in [1.165, 1.54) is 5.57 Å². The topological polar surface area (TPSA) is 70.9 Å². The van der Waals surface area contributed by atoms with Crippen LogP contribution in [0, 0.1) is 40.9 Å². The van der Waals surface area contributed by atoms with Gasteiger partial charge in [-0.1, -0.05) is 60.8 Å². The Morgan fingerprint density at radius 2 is 1.92 bits per heavy atom. The fraction of sp³-hybridized carbons (Fsp3) is 0.613. The lowest BCUT2D eigenvalue weighted by Crippen LogP contribution is -2.54. The van der Waals surface area contributed by atoms with E-state index in [-0.39, 0.29) is 29.4 Å². The molecule has 1 amide bonds.